The molecule has 43 heavy (non-hydrogen) atoms. The number of carbonyl (C=O) groups excluding carboxylic acids is 2. The number of amides is 2. The van der Waals surface area contributed by atoms with Gasteiger partial charge in [-0.3, -0.25) is 4.79 Å². The Labute approximate surface area is 253 Å². The van der Waals surface area contributed by atoms with Crippen LogP contribution >= 0.6 is 0 Å². The van der Waals surface area contributed by atoms with Crippen molar-refractivity contribution in [1.29, 1.82) is 0 Å². The summed E-state index contributed by atoms with van der Waals surface area (Å²) in [6.07, 6.45) is 0.0846. The Morgan fingerprint density at radius 2 is 1.86 bits per heavy atom. The van der Waals surface area contributed by atoms with E-state index in [0.29, 0.717) is 51.5 Å². The fraction of sp³-hybridized carbons (Fsp3) is 0.412. The van der Waals surface area contributed by atoms with Gasteiger partial charge in [0.15, 0.2) is 0 Å². The van der Waals surface area contributed by atoms with Crippen LogP contribution in [0.4, 0.5) is 4.79 Å². The van der Waals surface area contributed by atoms with Gasteiger partial charge in [0.25, 0.3) is 5.91 Å². The largest absolute Gasteiger partial charge is 0.491 e. The molecule has 2 heterocycles. The van der Waals surface area contributed by atoms with Crippen molar-refractivity contribution in [3.63, 3.8) is 0 Å². The number of carbonyl (C=O) groups is 2. The van der Waals surface area contributed by atoms with E-state index in [4.69, 9.17) is 23.7 Å². The standard InChI is InChI=1S/C34H40N2O7/c1-23(2)35-32(37)27-7-5-6-25(18-27)21-39-16-17-40-29-11-8-24(9-12-29)14-15-36-20-31(42-33(36)38)26-10-13-30-28(19-26)22-41-34(3,4)43-30/h5-13,18-19,23,31H,14-17,20-22H2,1-4H3,(H,35,37). The fourth-order valence-corrected chi connectivity index (χ4v) is 4.99. The number of nitrogens with one attached hydrogen (secondary N) is 1. The molecule has 0 bridgehead atoms. The normalized spacial score (nSPS) is 17.3. The minimum Gasteiger partial charge on any atom is -0.491 e. The number of cyclic esters (lactones) is 1. The van der Waals surface area contributed by atoms with Crippen LogP contribution in [0.1, 0.15) is 66.4 Å². The van der Waals surface area contributed by atoms with E-state index in [1.165, 1.54) is 0 Å². The van der Waals surface area contributed by atoms with Crippen LogP contribution in [-0.4, -0.2) is 55.0 Å². The Balaban J connectivity index is 1.02. The Morgan fingerprint density at radius 3 is 2.65 bits per heavy atom. The van der Waals surface area contributed by atoms with Crippen molar-refractivity contribution < 1.29 is 33.3 Å². The molecular weight excluding hydrogens is 548 g/mol. The second-order valence-corrected chi connectivity index (χ2v) is 11.6. The van der Waals surface area contributed by atoms with Crippen LogP contribution in [0.3, 0.4) is 0 Å². The molecule has 3 aromatic carbocycles. The number of rotatable bonds is 12. The highest BCUT2D eigenvalue weighted by Gasteiger charge is 2.33. The highest BCUT2D eigenvalue weighted by Crippen LogP contribution is 2.35. The van der Waals surface area contributed by atoms with Crippen molar-refractivity contribution in [2.45, 2.75) is 65.3 Å². The minimum atomic E-state index is -0.646. The number of fused-ring (bicyclic) bond motifs is 1. The Kier molecular flexibility index (Phi) is 9.52. The van der Waals surface area contributed by atoms with Gasteiger partial charge in [0.2, 0.25) is 5.79 Å². The lowest BCUT2D eigenvalue weighted by Crippen LogP contribution is -2.35. The van der Waals surface area contributed by atoms with E-state index in [1.54, 1.807) is 11.0 Å². The molecule has 0 aliphatic carbocycles. The SMILES string of the molecule is CC(C)NC(=O)c1cccc(COCCOc2ccc(CCN3CC(c4ccc5c(c4)COC(C)(C)O5)OC3=O)cc2)c1. The van der Waals surface area contributed by atoms with Gasteiger partial charge in [-0.25, -0.2) is 4.79 Å². The van der Waals surface area contributed by atoms with Gasteiger partial charge in [-0.15, -0.1) is 0 Å². The third-order valence-electron chi connectivity index (χ3n) is 7.24. The molecule has 3 aromatic rings. The average Bonchev–Trinajstić information content (AvgIpc) is 3.36. The Morgan fingerprint density at radius 1 is 1.05 bits per heavy atom. The van der Waals surface area contributed by atoms with E-state index in [0.717, 1.165) is 33.8 Å². The summed E-state index contributed by atoms with van der Waals surface area (Å²) in [6.45, 7) is 10.4. The molecular formula is C34H40N2O7. The maximum Gasteiger partial charge on any atom is 0.410 e. The summed E-state index contributed by atoms with van der Waals surface area (Å²) in [6, 6.07) is 21.3. The van der Waals surface area contributed by atoms with E-state index < -0.39 is 5.79 Å². The minimum absolute atomic E-state index is 0.0850. The van der Waals surface area contributed by atoms with Gasteiger partial charge in [0.05, 0.1) is 26.4 Å². The quantitative estimate of drug-likeness (QED) is 0.267. The van der Waals surface area contributed by atoms with E-state index in [-0.39, 0.29) is 24.1 Å². The highest BCUT2D eigenvalue weighted by atomic mass is 16.7. The average molecular weight is 589 g/mol. The van der Waals surface area contributed by atoms with Crippen LogP contribution < -0.4 is 14.8 Å². The summed E-state index contributed by atoms with van der Waals surface area (Å²) >= 11 is 0. The molecule has 2 amide bonds. The lowest BCUT2D eigenvalue weighted by Gasteiger charge is -2.32. The molecule has 0 radical (unpaired) electrons. The zero-order valence-corrected chi connectivity index (χ0v) is 25.3. The van der Waals surface area contributed by atoms with Gasteiger partial charge >= 0.3 is 6.09 Å². The van der Waals surface area contributed by atoms with Crippen molar-refractivity contribution in [2.24, 2.45) is 0 Å². The predicted octanol–water partition coefficient (Wildman–Crippen LogP) is 5.80. The summed E-state index contributed by atoms with van der Waals surface area (Å²) in [5.41, 5.74) is 4.56. The van der Waals surface area contributed by atoms with Crippen molar-refractivity contribution in [3.05, 3.63) is 94.5 Å². The van der Waals surface area contributed by atoms with Gasteiger partial charge in [0.1, 0.15) is 24.2 Å². The van der Waals surface area contributed by atoms with Crippen molar-refractivity contribution in [1.82, 2.24) is 10.2 Å². The summed E-state index contributed by atoms with van der Waals surface area (Å²) in [5.74, 6) is 0.821. The summed E-state index contributed by atoms with van der Waals surface area (Å²) < 4.78 is 28.9. The van der Waals surface area contributed by atoms with Crippen LogP contribution in [-0.2, 0) is 33.8 Å². The number of hydrogen-bond donors (Lipinski definition) is 1. The zero-order chi connectivity index (χ0) is 30.4. The first kappa shape index (κ1) is 30.4. The topological polar surface area (TPSA) is 95.6 Å². The van der Waals surface area contributed by atoms with E-state index in [2.05, 4.69) is 5.32 Å². The molecule has 228 valence electrons. The summed E-state index contributed by atoms with van der Waals surface area (Å²) in [5, 5.41) is 2.90. The monoisotopic (exact) mass is 588 g/mol. The number of ether oxygens (including phenoxy) is 5. The zero-order valence-electron chi connectivity index (χ0n) is 25.3. The van der Waals surface area contributed by atoms with E-state index in [1.807, 2.05) is 88.4 Å². The highest BCUT2D eigenvalue weighted by molar-refractivity contribution is 5.94. The molecule has 2 aliphatic heterocycles. The molecule has 0 saturated carbocycles. The first-order valence-corrected chi connectivity index (χ1v) is 14.8. The van der Waals surface area contributed by atoms with E-state index in [9.17, 15) is 9.59 Å². The fourth-order valence-electron chi connectivity index (χ4n) is 4.99. The molecule has 1 N–H and O–H groups in total. The first-order valence-electron chi connectivity index (χ1n) is 14.8. The predicted molar refractivity (Wildman–Crippen MR) is 161 cm³/mol. The lowest BCUT2D eigenvalue weighted by atomic mass is 10.0. The van der Waals surface area contributed by atoms with Gasteiger partial charge in [-0.05, 0) is 73.4 Å². The Bertz CT molecular complexity index is 1420. The van der Waals surface area contributed by atoms with Crippen molar-refractivity contribution >= 4 is 12.0 Å². The maximum atomic E-state index is 12.6. The van der Waals surface area contributed by atoms with Gasteiger partial charge in [0, 0.05) is 37.6 Å². The Hall–Kier alpha value is -4.08. The number of hydrogen-bond acceptors (Lipinski definition) is 7. The third-order valence-corrected chi connectivity index (χ3v) is 7.24. The van der Waals surface area contributed by atoms with Gasteiger partial charge in [-0.1, -0.05) is 30.3 Å². The summed E-state index contributed by atoms with van der Waals surface area (Å²) in [4.78, 5) is 26.5. The van der Waals surface area contributed by atoms with Crippen LogP contribution in [0.15, 0.2) is 66.7 Å². The van der Waals surface area contributed by atoms with Crippen molar-refractivity contribution in [2.75, 3.05) is 26.3 Å². The number of nitrogens with zero attached hydrogens (tertiary/aromatic N) is 1. The van der Waals surface area contributed by atoms with Gasteiger partial charge in [-0.2, -0.15) is 0 Å². The van der Waals surface area contributed by atoms with Crippen LogP contribution in [0, 0.1) is 0 Å². The second-order valence-electron chi connectivity index (χ2n) is 11.6. The van der Waals surface area contributed by atoms with Crippen molar-refractivity contribution in [3.8, 4) is 11.5 Å². The van der Waals surface area contributed by atoms with Crippen LogP contribution in [0.2, 0.25) is 0 Å². The molecule has 1 atom stereocenters. The van der Waals surface area contributed by atoms with Crippen LogP contribution in [0.5, 0.6) is 11.5 Å². The maximum absolute atomic E-state index is 12.6. The molecule has 1 fully saturated rings. The smallest absolute Gasteiger partial charge is 0.410 e. The second kappa shape index (κ2) is 13.5. The molecule has 9 nitrogen and oxygen atoms in total. The van der Waals surface area contributed by atoms with E-state index >= 15 is 0 Å². The molecule has 1 saturated heterocycles. The molecule has 5 rings (SSSR count). The molecule has 0 spiro atoms. The van der Waals surface area contributed by atoms with Gasteiger partial charge < -0.3 is 33.9 Å². The number of benzene rings is 3. The van der Waals surface area contributed by atoms with Crippen LogP contribution in [0.25, 0.3) is 0 Å². The molecule has 1 unspecified atom stereocenters. The molecule has 9 heteroatoms. The first-order chi connectivity index (χ1) is 20.6. The summed E-state index contributed by atoms with van der Waals surface area (Å²) in [7, 11) is 0. The lowest BCUT2D eigenvalue weighted by molar-refractivity contribution is -0.180. The third kappa shape index (κ3) is 8.27. The molecule has 0 aromatic heterocycles. The molecule has 2 aliphatic rings.